The molecular weight excluding hydrogens is 222 g/mol. The number of para-hydroxylation sites is 1. The van der Waals surface area contributed by atoms with Crippen molar-refractivity contribution in [2.24, 2.45) is 0 Å². The molecule has 1 unspecified atom stereocenters. The molecule has 0 saturated carbocycles. The van der Waals surface area contributed by atoms with E-state index in [9.17, 15) is 0 Å². The summed E-state index contributed by atoms with van der Waals surface area (Å²) in [4.78, 5) is 4.13. The summed E-state index contributed by atoms with van der Waals surface area (Å²) < 4.78 is 2.08. The Labute approximate surface area is 109 Å². The second kappa shape index (κ2) is 6.36. The third kappa shape index (κ3) is 2.79. The van der Waals surface area contributed by atoms with E-state index in [1.54, 1.807) is 0 Å². The fourth-order valence-electron chi connectivity index (χ4n) is 2.21. The number of nitrogens with one attached hydrogen (secondary N) is 1. The minimum absolute atomic E-state index is 0.406. The summed E-state index contributed by atoms with van der Waals surface area (Å²) in [6, 6.07) is 8.93. The van der Waals surface area contributed by atoms with E-state index in [4.69, 9.17) is 0 Å². The molecule has 2 rings (SSSR count). The van der Waals surface area contributed by atoms with E-state index in [1.165, 1.54) is 11.3 Å². The first-order valence-electron chi connectivity index (χ1n) is 6.67. The molecule has 3 heteroatoms. The lowest BCUT2D eigenvalue weighted by Crippen LogP contribution is -2.22. The third-order valence-corrected chi connectivity index (χ3v) is 3.14. The van der Waals surface area contributed by atoms with Gasteiger partial charge in [0.1, 0.15) is 0 Å². The van der Waals surface area contributed by atoms with Crippen LogP contribution in [0.4, 0.5) is 0 Å². The van der Waals surface area contributed by atoms with Gasteiger partial charge in [-0.1, -0.05) is 32.0 Å². The van der Waals surface area contributed by atoms with Gasteiger partial charge in [0.2, 0.25) is 0 Å². The van der Waals surface area contributed by atoms with E-state index >= 15 is 0 Å². The Bertz CT molecular complexity index is 462. The van der Waals surface area contributed by atoms with Crippen molar-refractivity contribution in [3.05, 3.63) is 48.5 Å². The van der Waals surface area contributed by atoms with Gasteiger partial charge in [-0.25, -0.2) is 4.98 Å². The van der Waals surface area contributed by atoms with E-state index in [2.05, 4.69) is 53.0 Å². The molecule has 0 fully saturated rings. The quantitative estimate of drug-likeness (QED) is 0.843. The zero-order valence-corrected chi connectivity index (χ0v) is 11.1. The van der Waals surface area contributed by atoms with Crippen LogP contribution in [0.2, 0.25) is 0 Å². The summed E-state index contributed by atoms with van der Waals surface area (Å²) in [5, 5.41) is 3.60. The number of benzene rings is 1. The first-order valence-corrected chi connectivity index (χ1v) is 6.67. The van der Waals surface area contributed by atoms with Crippen LogP contribution in [0.1, 0.15) is 38.3 Å². The number of hydrogen-bond acceptors (Lipinski definition) is 2. The summed E-state index contributed by atoms with van der Waals surface area (Å²) in [6.07, 6.45) is 7.91. The monoisotopic (exact) mass is 243 g/mol. The highest BCUT2D eigenvalue weighted by Crippen LogP contribution is 2.23. The lowest BCUT2D eigenvalue weighted by atomic mass is 10.0. The average Bonchev–Trinajstić information content (AvgIpc) is 2.94. The normalized spacial score (nSPS) is 12.6. The van der Waals surface area contributed by atoms with Crippen LogP contribution in [-0.4, -0.2) is 16.1 Å². The van der Waals surface area contributed by atoms with Crippen molar-refractivity contribution in [2.45, 2.75) is 32.7 Å². The molecule has 96 valence electrons. The van der Waals surface area contributed by atoms with Crippen LogP contribution in [0.5, 0.6) is 0 Å². The fourth-order valence-corrected chi connectivity index (χ4v) is 2.21. The van der Waals surface area contributed by atoms with Gasteiger partial charge in [-0.3, -0.25) is 0 Å². The van der Waals surface area contributed by atoms with Crippen molar-refractivity contribution in [1.29, 1.82) is 0 Å². The van der Waals surface area contributed by atoms with E-state index in [0.717, 1.165) is 19.4 Å². The standard InChI is InChI=1S/C15H21N3/c1-3-9-17-14(4-2)13-7-5-6-8-15(13)18-11-10-16-12-18/h5-8,10-12,14,17H,3-4,9H2,1-2H3. The summed E-state index contributed by atoms with van der Waals surface area (Å²) >= 11 is 0. The van der Waals surface area contributed by atoms with Gasteiger partial charge in [0.05, 0.1) is 12.0 Å². The zero-order valence-electron chi connectivity index (χ0n) is 11.1. The third-order valence-electron chi connectivity index (χ3n) is 3.14. The van der Waals surface area contributed by atoms with Crippen molar-refractivity contribution in [1.82, 2.24) is 14.9 Å². The van der Waals surface area contributed by atoms with Gasteiger partial charge < -0.3 is 9.88 Å². The van der Waals surface area contributed by atoms with Crippen molar-refractivity contribution in [3.63, 3.8) is 0 Å². The maximum atomic E-state index is 4.13. The predicted octanol–water partition coefficient (Wildman–Crippen LogP) is 3.32. The number of rotatable bonds is 6. The summed E-state index contributed by atoms with van der Waals surface area (Å²) in [5.74, 6) is 0. The highest BCUT2D eigenvalue weighted by Gasteiger charge is 2.13. The van der Waals surface area contributed by atoms with Gasteiger partial charge >= 0.3 is 0 Å². The Balaban J connectivity index is 2.31. The lowest BCUT2D eigenvalue weighted by Gasteiger charge is -2.20. The van der Waals surface area contributed by atoms with Crippen LogP contribution >= 0.6 is 0 Å². The van der Waals surface area contributed by atoms with Gasteiger partial charge in [-0.05, 0) is 31.0 Å². The van der Waals surface area contributed by atoms with Crippen molar-refractivity contribution in [3.8, 4) is 5.69 Å². The topological polar surface area (TPSA) is 29.9 Å². The first-order chi connectivity index (χ1) is 8.86. The maximum Gasteiger partial charge on any atom is 0.0991 e. The van der Waals surface area contributed by atoms with Gasteiger partial charge in [0.25, 0.3) is 0 Å². The lowest BCUT2D eigenvalue weighted by molar-refractivity contribution is 0.517. The second-order valence-corrected chi connectivity index (χ2v) is 4.44. The molecule has 0 amide bonds. The molecule has 0 aliphatic heterocycles. The van der Waals surface area contributed by atoms with Crippen LogP contribution < -0.4 is 5.32 Å². The smallest absolute Gasteiger partial charge is 0.0991 e. The Kier molecular flexibility index (Phi) is 4.53. The summed E-state index contributed by atoms with van der Waals surface area (Å²) in [7, 11) is 0. The number of imidazole rings is 1. The molecule has 3 nitrogen and oxygen atoms in total. The van der Waals surface area contributed by atoms with E-state index in [0.29, 0.717) is 6.04 Å². The van der Waals surface area contributed by atoms with Crippen LogP contribution in [0.25, 0.3) is 5.69 Å². The molecule has 1 heterocycles. The second-order valence-electron chi connectivity index (χ2n) is 4.44. The molecule has 2 aromatic rings. The van der Waals surface area contributed by atoms with Crippen LogP contribution in [0.15, 0.2) is 43.0 Å². The molecule has 1 aromatic carbocycles. The molecule has 0 radical (unpaired) electrons. The van der Waals surface area contributed by atoms with Gasteiger partial charge in [-0.15, -0.1) is 0 Å². The molecule has 0 saturated heterocycles. The highest BCUT2D eigenvalue weighted by molar-refractivity contribution is 5.42. The number of hydrogen-bond donors (Lipinski definition) is 1. The highest BCUT2D eigenvalue weighted by atomic mass is 15.0. The minimum atomic E-state index is 0.406. The molecule has 1 atom stereocenters. The Hall–Kier alpha value is -1.61. The maximum absolute atomic E-state index is 4.13. The van der Waals surface area contributed by atoms with Crippen molar-refractivity contribution in [2.75, 3.05) is 6.54 Å². The van der Waals surface area contributed by atoms with Gasteiger partial charge in [0, 0.05) is 18.4 Å². The minimum Gasteiger partial charge on any atom is -0.310 e. The molecule has 1 N–H and O–H groups in total. The van der Waals surface area contributed by atoms with E-state index in [1.807, 2.05) is 18.7 Å². The predicted molar refractivity (Wildman–Crippen MR) is 74.9 cm³/mol. The van der Waals surface area contributed by atoms with Crippen LogP contribution in [0.3, 0.4) is 0 Å². The largest absolute Gasteiger partial charge is 0.310 e. The van der Waals surface area contributed by atoms with Crippen molar-refractivity contribution >= 4 is 0 Å². The number of nitrogens with zero attached hydrogens (tertiary/aromatic N) is 2. The van der Waals surface area contributed by atoms with E-state index < -0.39 is 0 Å². The molecule has 0 spiro atoms. The molecule has 1 aromatic heterocycles. The van der Waals surface area contributed by atoms with Crippen LogP contribution in [-0.2, 0) is 0 Å². The Morgan fingerprint density at radius 2 is 2.11 bits per heavy atom. The molecule has 0 bridgehead atoms. The van der Waals surface area contributed by atoms with Gasteiger partial charge in [-0.2, -0.15) is 0 Å². The Morgan fingerprint density at radius 3 is 2.78 bits per heavy atom. The molecule has 0 aliphatic carbocycles. The zero-order chi connectivity index (χ0) is 12.8. The SMILES string of the molecule is CCCNC(CC)c1ccccc1-n1ccnc1. The van der Waals surface area contributed by atoms with Crippen LogP contribution in [0, 0.1) is 0 Å². The molecular formula is C15H21N3. The molecule has 0 aliphatic rings. The first kappa shape index (κ1) is 12.8. The van der Waals surface area contributed by atoms with Gasteiger partial charge in [0.15, 0.2) is 0 Å². The average molecular weight is 243 g/mol. The summed E-state index contributed by atoms with van der Waals surface area (Å²) in [6.45, 7) is 5.47. The number of aromatic nitrogens is 2. The van der Waals surface area contributed by atoms with Crippen molar-refractivity contribution < 1.29 is 0 Å². The Morgan fingerprint density at radius 1 is 1.28 bits per heavy atom. The molecule has 18 heavy (non-hydrogen) atoms. The summed E-state index contributed by atoms with van der Waals surface area (Å²) in [5.41, 5.74) is 2.55. The fraction of sp³-hybridized carbons (Fsp3) is 0.400. The van der Waals surface area contributed by atoms with E-state index in [-0.39, 0.29) is 0 Å².